The number of benzene rings is 2. The number of nitriles is 1. The number of carbonyl (C=O) groups excluding carboxylic acids is 1. The molecule has 1 atom stereocenters. The number of hydrogen-bond acceptors (Lipinski definition) is 4. The molecule has 2 aromatic heterocycles. The van der Waals surface area contributed by atoms with Gasteiger partial charge in [-0.2, -0.15) is 5.26 Å². The third-order valence-corrected chi connectivity index (χ3v) is 6.97. The summed E-state index contributed by atoms with van der Waals surface area (Å²) in [6.45, 7) is 8.14. The van der Waals surface area contributed by atoms with Gasteiger partial charge in [-0.25, -0.2) is 0 Å². The van der Waals surface area contributed by atoms with Crippen molar-refractivity contribution in [2.45, 2.75) is 45.1 Å². The number of carbonyl (C=O) groups is 1. The standard InChI is InChI=1S/C30H31N5O/c1-30(2,3)23-11-8-20(9-12-23)29(36)33-24-7-5-15-35(19-24)27-13-10-21(17-31)28-25(27)16-26(34-28)22-6-4-14-32-18-22/h4,6,8-14,16,18,24,34H,5,7,15,19H2,1-3H3,(H,33,36). The predicted molar refractivity (Wildman–Crippen MR) is 144 cm³/mol. The molecule has 2 aromatic carbocycles. The quantitative estimate of drug-likeness (QED) is 0.389. The zero-order chi connectivity index (χ0) is 25.3. The summed E-state index contributed by atoms with van der Waals surface area (Å²) in [7, 11) is 0. The normalized spacial score (nSPS) is 16.1. The van der Waals surface area contributed by atoms with Crippen LogP contribution in [0.5, 0.6) is 0 Å². The van der Waals surface area contributed by atoms with Crippen LogP contribution in [-0.4, -0.2) is 35.0 Å². The Morgan fingerprint density at radius 2 is 1.97 bits per heavy atom. The molecule has 1 amide bonds. The van der Waals surface area contributed by atoms with Crippen molar-refractivity contribution in [2.24, 2.45) is 0 Å². The molecular weight excluding hydrogens is 446 g/mol. The number of fused-ring (bicyclic) bond motifs is 1. The Morgan fingerprint density at radius 1 is 1.17 bits per heavy atom. The summed E-state index contributed by atoms with van der Waals surface area (Å²) >= 11 is 0. The largest absolute Gasteiger partial charge is 0.369 e. The molecule has 1 aliphatic rings. The van der Waals surface area contributed by atoms with E-state index in [1.807, 2.05) is 54.7 Å². The van der Waals surface area contributed by atoms with E-state index >= 15 is 0 Å². The first-order valence-electron chi connectivity index (χ1n) is 12.5. The summed E-state index contributed by atoms with van der Waals surface area (Å²) in [5.74, 6) is -0.0345. The summed E-state index contributed by atoms with van der Waals surface area (Å²) in [4.78, 5) is 23.0. The van der Waals surface area contributed by atoms with Crippen LogP contribution in [0, 0.1) is 11.3 Å². The Morgan fingerprint density at radius 3 is 2.67 bits per heavy atom. The van der Waals surface area contributed by atoms with Gasteiger partial charge in [-0.15, -0.1) is 0 Å². The van der Waals surface area contributed by atoms with Gasteiger partial charge in [0.2, 0.25) is 0 Å². The lowest BCUT2D eigenvalue weighted by atomic mass is 9.86. The van der Waals surface area contributed by atoms with Crippen LogP contribution in [0.25, 0.3) is 22.2 Å². The second kappa shape index (κ2) is 9.50. The number of aromatic nitrogens is 2. The molecule has 2 N–H and O–H groups in total. The molecule has 0 saturated carbocycles. The van der Waals surface area contributed by atoms with Crippen molar-refractivity contribution in [1.29, 1.82) is 5.26 Å². The van der Waals surface area contributed by atoms with Gasteiger partial charge in [0.05, 0.1) is 11.1 Å². The average molecular weight is 478 g/mol. The molecule has 0 spiro atoms. The van der Waals surface area contributed by atoms with Crippen molar-refractivity contribution in [1.82, 2.24) is 15.3 Å². The van der Waals surface area contributed by atoms with Crippen LogP contribution in [0.15, 0.2) is 67.0 Å². The van der Waals surface area contributed by atoms with Crippen molar-refractivity contribution in [3.8, 4) is 17.3 Å². The van der Waals surface area contributed by atoms with E-state index in [2.05, 4.69) is 53.1 Å². The smallest absolute Gasteiger partial charge is 0.251 e. The Labute approximate surface area is 212 Å². The summed E-state index contributed by atoms with van der Waals surface area (Å²) in [6.07, 6.45) is 5.49. The van der Waals surface area contributed by atoms with Crippen LogP contribution in [0.1, 0.15) is 55.1 Å². The molecule has 0 bridgehead atoms. The molecule has 6 heteroatoms. The summed E-state index contributed by atoms with van der Waals surface area (Å²) in [6, 6.07) is 20.2. The lowest BCUT2D eigenvalue weighted by molar-refractivity contribution is 0.0933. The summed E-state index contributed by atoms with van der Waals surface area (Å²) in [5, 5.41) is 13.9. The molecule has 1 saturated heterocycles. The average Bonchev–Trinajstić information content (AvgIpc) is 3.34. The van der Waals surface area contributed by atoms with Crippen molar-refractivity contribution >= 4 is 22.5 Å². The second-order valence-corrected chi connectivity index (χ2v) is 10.5. The van der Waals surface area contributed by atoms with Gasteiger partial charge >= 0.3 is 0 Å². The molecular formula is C30H31N5O. The number of rotatable bonds is 4. The molecule has 3 heterocycles. The van der Waals surface area contributed by atoms with E-state index in [1.54, 1.807) is 6.20 Å². The lowest BCUT2D eigenvalue weighted by Gasteiger charge is -2.35. The van der Waals surface area contributed by atoms with Crippen LogP contribution >= 0.6 is 0 Å². The van der Waals surface area contributed by atoms with Crippen molar-refractivity contribution in [3.05, 3.63) is 83.7 Å². The molecule has 4 aromatic rings. The molecule has 0 aliphatic carbocycles. The number of nitrogens with zero attached hydrogens (tertiary/aromatic N) is 3. The van der Waals surface area contributed by atoms with Crippen LogP contribution < -0.4 is 10.2 Å². The van der Waals surface area contributed by atoms with E-state index in [4.69, 9.17) is 0 Å². The summed E-state index contributed by atoms with van der Waals surface area (Å²) < 4.78 is 0. The molecule has 182 valence electrons. The van der Waals surface area contributed by atoms with E-state index in [9.17, 15) is 10.1 Å². The maximum Gasteiger partial charge on any atom is 0.251 e. The number of hydrogen-bond donors (Lipinski definition) is 2. The Bertz CT molecular complexity index is 1420. The first-order valence-corrected chi connectivity index (χ1v) is 12.5. The number of nitrogens with one attached hydrogen (secondary N) is 2. The maximum atomic E-state index is 13.0. The van der Waals surface area contributed by atoms with Gasteiger partial charge in [-0.1, -0.05) is 32.9 Å². The molecule has 1 aliphatic heterocycles. The highest BCUT2D eigenvalue weighted by molar-refractivity contribution is 5.99. The van der Waals surface area contributed by atoms with Crippen LogP contribution in [0.4, 0.5) is 5.69 Å². The zero-order valence-electron chi connectivity index (χ0n) is 21.0. The minimum Gasteiger partial charge on any atom is -0.369 e. The van der Waals surface area contributed by atoms with E-state index in [-0.39, 0.29) is 17.4 Å². The highest BCUT2D eigenvalue weighted by atomic mass is 16.1. The molecule has 36 heavy (non-hydrogen) atoms. The summed E-state index contributed by atoms with van der Waals surface area (Å²) in [5.41, 5.74) is 6.39. The highest BCUT2D eigenvalue weighted by Crippen LogP contribution is 2.34. The van der Waals surface area contributed by atoms with Gasteiger partial charge in [0.1, 0.15) is 6.07 Å². The molecule has 5 rings (SSSR count). The van der Waals surface area contributed by atoms with Crippen LogP contribution in [0.2, 0.25) is 0 Å². The fourth-order valence-corrected chi connectivity index (χ4v) is 4.96. The monoisotopic (exact) mass is 477 g/mol. The first kappa shape index (κ1) is 23.6. The second-order valence-electron chi connectivity index (χ2n) is 10.5. The number of aromatic amines is 1. The Hall–Kier alpha value is -4.11. The Kier molecular flexibility index (Phi) is 6.24. The number of amides is 1. The van der Waals surface area contributed by atoms with Crippen LogP contribution in [-0.2, 0) is 5.41 Å². The van der Waals surface area contributed by atoms with Gasteiger partial charge < -0.3 is 15.2 Å². The Balaban J connectivity index is 1.37. The first-order chi connectivity index (χ1) is 17.3. The van der Waals surface area contributed by atoms with E-state index in [1.165, 1.54) is 5.56 Å². The SMILES string of the molecule is CC(C)(C)c1ccc(C(=O)NC2CCCN(c3ccc(C#N)c4[nH]c(-c5cccnc5)cc34)C2)cc1. The van der Waals surface area contributed by atoms with Crippen molar-refractivity contribution < 1.29 is 4.79 Å². The number of piperidine rings is 1. The molecule has 1 unspecified atom stereocenters. The number of pyridine rings is 1. The van der Waals surface area contributed by atoms with Crippen molar-refractivity contribution in [2.75, 3.05) is 18.0 Å². The minimum atomic E-state index is -0.0345. The van der Waals surface area contributed by atoms with Gasteiger partial charge in [0.25, 0.3) is 5.91 Å². The fourth-order valence-electron chi connectivity index (χ4n) is 4.96. The highest BCUT2D eigenvalue weighted by Gasteiger charge is 2.25. The third kappa shape index (κ3) is 4.70. The predicted octanol–water partition coefficient (Wildman–Crippen LogP) is 5.80. The minimum absolute atomic E-state index is 0.0345. The fraction of sp³-hybridized carbons (Fsp3) is 0.300. The van der Waals surface area contributed by atoms with Gasteiger partial charge in [-0.3, -0.25) is 9.78 Å². The molecule has 6 nitrogen and oxygen atoms in total. The molecule has 0 radical (unpaired) electrons. The van der Waals surface area contributed by atoms with Crippen molar-refractivity contribution in [3.63, 3.8) is 0 Å². The van der Waals surface area contributed by atoms with Gasteiger partial charge in [-0.05, 0) is 66.3 Å². The van der Waals surface area contributed by atoms with E-state index in [0.717, 1.165) is 53.8 Å². The third-order valence-electron chi connectivity index (χ3n) is 6.97. The zero-order valence-corrected chi connectivity index (χ0v) is 21.0. The van der Waals surface area contributed by atoms with E-state index in [0.29, 0.717) is 11.1 Å². The number of H-pyrrole nitrogens is 1. The molecule has 1 fully saturated rings. The van der Waals surface area contributed by atoms with Gasteiger partial charge in [0, 0.05) is 59.4 Å². The lowest BCUT2D eigenvalue weighted by Crippen LogP contribution is -2.47. The maximum absolute atomic E-state index is 13.0. The van der Waals surface area contributed by atoms with Gasteiger partial charge in [0.15, 0.2) is 0 Å². The van der Waals surface area contributed by atoms with Crippen LogP contribution in [0.3, 0.4) is 0 Å². The van der Waals surface area contributed by atoms with E-state index < -0.39 is 0 Å². The topological polar surface area (TPSA) is 84.8 Å². The number of anilines is 1.